The van der Waals surface area contributed by atoms with Crippen LogP contribution in [0.2, 0.25) is 10.2 Å². The van der Waals surface area contributed by atoms with E-state index in [0.717, 1.165) is 5.56 Å². The number of hydrogen-bond donors (Lipinski definition) is 2. The highest BCUT2D eigenvalue weighted by Crippen LogP contribution is 2.21. The standard InChI is InChI=1S/C9H12Cl2N2O/c1-9(12,5-14)3-6-4-13-8(11)2-7(6)10/h2,4,14H,3,5,12H2,1H3. The van der Waals surface area contributed by atoms with Crippen LogP contribution in [0.15, 0.2) is 12.3 Å². The number of aliphatic hydroxyl groups is 1. The molecule has 1 unspecified atom stereocenters. The fourth-order valence-corrected chi connectivity index (χ4v) is 1.49. The van der Waals surface area contributed by atoms with Crippen molar-refractivity contribution in [1.29, 1.82) is 0 Å². The molecule has 1 aromatic heterocycles. The van der Waals surface area contributed by atoms with Gasteiger partial charge in [-0.3, -0.25) is 0 Å². The first-order chi connectivity index (χ1) is 6.44. The summed E-state index contributed by atoms with van der Waals surface area (Å²) in [4.78, 5) is 3.90. The molecule has 0 radical (unpaired) electrons. The van der Waals surface area contributed by atoms with E-state index in [1.54, 1.807) is 19.2 Å². The number of aliphatic hydroxyl groups excluding tert-OH is 1. The van der Waals surface area contributed by atoms with Gasteiger partial charge >= 0.3 is 0 Å². The predicted octanol–water partition coefficient (Wildman–Crippen LogP) is 1.64. The Labute approximate surface area is 92.9 Å². The van der Waals surface area contributed by atoms with Gasteiger partial charge in [0.1, 0.15) is 5.15 Å². The minimum Gasteiger partial charge on any atom is -0.394 e. The molecule has 0 bridgehead atoms. The third-order valence-corrected chi connectivity index (χ3v) is 2.41. The second-order valence-electron chi connectivity index (χ2n) is 3.59. The van der Waals surface area contributed by atoms with Gasteiger partial charge in [-0.2, -0.15) is 0 Å². The van der Waals surface area contributed by atoms with Gasteiger partial charge in [-0.1, -0.05) is 23.2 Å². The predicted molar refractivity (Wildman–Crippen MR) is 57.6 cm³/mol. The van der Waals surface area contributed by atoms with Gasteiger partial charge in [-0.25, -0.2) is 4.98 Å². The Kier molecular flexibility index (Phi) is 3.72. The summed E-state index contributed by atoms with van der Waals surface area (Å²) in [6.07, 6.45) is 2.04. The average molecular weight is 235 g/mol. The van der Waals surface area contributed by atoms with E-state index >= 15 is 0 Å². The third kappa shape index (κ3) is 3.10. The molecule has 14 heavy (non-hydrogen) atoms. The molecule has 0 fully saturated rings. The molecule has 1 atom stereocenters. The summed E-state index contributed by atoms with van der Waals surface area (Å²) in [5.41, 5.74) is 5.89. The Morgan fingerprint density at radius 3 is 2.71 bits per heavy atom. The van der Waals surface area contributed by atoms with Crippen LogP contribution in [-0.4, -0.2) is 22.2 Å². The maximum absolute atomic E-state index is 8.99. The van der Waals surface area contributed by atoms with Gasteiger partial charge in [0.25, 0.3) is 0 Å². The number of halogens is 2. The van der Waals surface area contributed by atoms with Gasteiger partial charge in [0.05, 0.1) is 6.61 Å². The van der Waals surface area contributed by atoms with Gasteiger partial charge in [-0.05, 0) is 25.0 Å². The summed E-state index contributed by atoms with van der Waals surface area (Å²) >= 11 is 11.6. The van der Waals surface area contributed by atoms with E-state index < -0.39 is 5.54 Å². The van der Waals surface area contributed by atoms with Crippen molar-refractivity contribution in [2.75, 3.05) is 6.61 Å². The quantitative estimate of drug-likeness (QED) is 0.783. The lowest BCUT2D eigenvalue weighted by molar-refractivity contribution is 0.208. The van der Waals surface area contributed by atoms with E-state index in [2.05, 4.69) is 4.98 Å². The molecule has 78 valence electrons. The molecule has 1 heterocycles. The minimum atomic E-state index is -0.681. The van der Waals surface area contributed by atoms with Gasteiger partial charge < -0.3 is 10.8 Å². The van der Waals surface area contributed by atoms with Crippen LogP contribution < -0.4 is 5.73 Å². The molecule has 0 aliphatic rings. The van der Waals surface area contributed by atoms with E-state index in [1.807, 2.05) is 0 Å². The highest BCUT2D eigenvalue weighted by atomic mass is 35.5. The smallest absolute Gasteiger partial charge is 0.130 e. The van der Waals surface area contributed by atoms with E-state index in [1.165, 1.54) is 0 Å². The molecule has 0 saturated carbocycles. The Bertz CT molecular complexity index is 329. The summed E-state index contributed by atoms with van der Waals surface area (Å²) in [6, 6.07) is 1.56. The number of hydrogen-bond acceptors (Lipinski definition) is 3. The van der Waals surface area contributed by atoms with Crippen LogP contribution in [0.4, 0.5) is 0 Å². The SMILES string of the molecule is CC(N)(CO)Cc1cnc(Cl)cc1Cl. The van der Waals surface area contributed by atoms with Crippen LogP contribution in [0.1, 0.15) is 12.5 Å². The minimum absolute atomic E-state index is 0.105. The first-order valence-corrected chi connectivity index (χ1v) is 4.90. The third-order valence-electron chi connectivity index (χ3n) is 1.85. The van der Waals surface area contributed by atoms with Crippen molar-refractivity contribution < 1.29 is 5.11 Å². The lowest BCUT2D eigenvalue weighted by Crippen LogP contribution is -2.42. The second kappa shape index (κ2) is 4.45. The summed E-state index contributed by atoms with van der Waals surface area (Å²) in [6.45, 7) is 1.64. The first-order valence-electron chi connectivity index (χ1n) is 4.14. The lowest BCUT2D eigenvalue weighted by Gasteiger charge is -2.21. The molecule has 1 rings (SSSR count). The second-order valence-corrected chi connectivity index (χ2v) is 4.38. The molecular weight excluding hydrogens is 223 g/mol. The van der Waals surface area contributed by atoms with Gasteiger partial charge in [0.15, 0.2) is 0 Å². The maximum Gasteiger partial charge on any atom is 0.130 e. The zero-order valence-electron chi connectivity index (χ0n) is 7.80. The van der Waals surface area contributed by atoms with E-state index in [-0.39, 0.29) is 6.61 Å². The average Bonchev–Trinajstić information content (AvgIpc) is 2.10. The molecule has 0 spiro atoms. The zero-order chi connectivity index (χ0) is 10.8. The van der Waals surface area contributed by atoms with E-state index in [4.69, 9.17) is 34.0 Å². The van der Waals surface area contributed by atoms with Crippen LogP contribution in [0.5, 0.6) is 0 Å². The van der Waals surface area contributed by atoms with Gasteiger partial charge in [0.2, 0.25) is 0 Å². The molecule has 5 heteroatoms. The number of nitrogens with zero attached hydrogens (tertiary/aromatic N) is 1. The maximum atomic E-state index is 8.99. The molecule has 1 aromatic rings. The van der Waals surface area contributed by atoms with Crippen LogP contribution >= 0.6 is 23.2 Å². The summed E-state index contributed by atoms with van der Waals surface area (Å²) in [5, 5.41) is 9.86. The lowest BCUT2D eigenvalue weighted by atomic mass is 9.96. The van der Waals surface area contributed by atoms with Crippen molar-refractivity contribution in [3.8, 4) is 0 Å². The molecule has 0 aliphatic heterocycles. The normalized spacial score (nSPS) is 15.2. The summed E-state index contributed by atoms with van der Waals surface area (Å²) < 4.78 is 0. The van der Waals surface area contributed by atoms with Crippen molar-refractivity contribution in [3.05, 3.63) is 28.0 Å². The number of pyridine rings is 1. The van der Waals surface area contributed by atoms with Crippen LogP contribution in [-0.2, 0) is 6.42 Å². The summed E-state index contributed by atoms with van der Waals surface area (Å²) in [5.74, 6) is 0. The summed E-state index contributed by atoms with van der Waals surface area (Å²) in [7, 11) is 0. The van der Waals surface area contributed by atoms with Crippen LogP contribution in [0.3, 0.4) is 0 Å². The Morgan fingerprint density at radius 1 is 1.57 bits per heavy atom. The zero-order valence-corrected chi connectivity index (χ0v) is 9.31. The van der Waals surface area contributed by atoms with Gasteiger partial charge in [0, 0.05) is 16.8 Å². The Balaban J connectivity index is 2.87. The number of aromatic nitrogens is 1. The Morgan fingerprint density at radius 2 is 2.21 bits per heavy atom. The highest BCUT2D eigenvalue weighted by Gasteiger charge is 2.19. The topological polar surface area (TPSA) is 59.1 Å². The molecule has 0 aromatic carbocycles. The fraction of sp³-hybridized carbons (Fsp3) is 0.444. The molecule has 3 N–H and O–H groups in total. The van der Waals surface area contributed by atoms with Gasteiger partial charge in [-0.15, -0.1) is 0 Å². The monoisotopic (exact) mass is 234 g/mol. The fourth-order valence-electron chi connectivity index (χ4n) is 1.06. The van der Waals surface area contributed by atoms with E-state index in [9.17, 15) is 0 Å². The molecular formula is C9H12Cl2N2O. The Hall–Kier alpha value is -0.350. The van der Waals surface area contributed by atoms with E-state index in [0.29, 0.717) is 16.6 Å². The molecule has 0 amide bonds. The molecule has 3 nitrogen and oxygen atoms in total. The molecule has 0 saturated heterocycles. The number of rotatable bonds is 3. The largest absolute Gasteiger partial charge is 0.394 e. The van der Waals surface area contributed by atoms with Crippen molar-refractivity contribution >= 4 is 23.2 Å². The van der Waals surface area contributed by atoms with Crippen molar-refractivity contribution in [2.45, 2.75) is 18.9 Å². The van der Waals surface area contributed by atoms with Crippen molar-refractivity contribution in [1.82, 2.24) is 4.98 Å². The first kappa shape index (κ1) is 11.7. The van der Waals surface area contributed by atoms with Crippen LogP contribution in [0.25, 0.3) is 0 Å². The van der Waals surface area contributed by atoms with Crippen LogP contribution in [0, 0.1) is 0 Å². The van der Waals surface area contributed by atoms with Crippen molar-refractivity contribution in [2.24, 2.45) is 5.73 Å². The number of nitrogens with two attached hydrogens (primary N) is 1. The van der Waals surface area contributed by atoms with Crippen molar-refractivity contribution in [3.63, 3.8) is 0 Å². The molecule has 0 aliphatic carbocycles. The highest BCUT2D eigenvalue weighted by molar-refractivity contribution is 6.34.